The van der Waals surface area contributed by atoms with E-state index in [1.54, 1.807) is 13.8 Å². The van der Waals surface area contributed by atoms with Gasteiger partial charge in [-0.15, -0.1) is 5.10 Å². The number of hydrogen-bond acceptors (Lipinski definition) is 9. The molecular weight excluding hydrogens is 488 g/mol. The summed E-state index contributed by atoms with van der Waals surface area (Å²) in [6, 6.07) is 4.11. The molecule has 0 bridgehead atoms. The van der Waals surface area contributed by atoms with Gasteiger partial charge in [-0.25, -0.2) is 8.42 Å². The third-order valence-electron chi connectivity index (χ3n) is 3.76. The SMILES string of the molecule is CC(C)CS(=O)(=O)C1=NN2C(=N)/C(=C/c3ccc(OS(C)(=O)=O)c(Cl)c3)C(=O)N=C2S1. The Balaban J connectivity index is 1.92. The first-order valence-electron chi connectivity index (χ1n) is 8.69. The zero-order valence-corrected chi connectivity index (χ0v) is 19.7. The second-order valence-corrected chi connectivity index (χ2v) is 12.2. The third-order valence-corrected chi connectivity index (χ3v) is 7.97. The van der Waals surface area contributed by atoms with Crippen molar-refractivity contribution in [3.63, 3.8) is 0 Å². The van der Waals surface area contributed by atoms with Gasteiger partial charge in [-0.05, 0) is 41.5 Å². The first-order valence-corrected chi connectivity index (χ1v) is 13.3. The van der Waals surface area contributed by atoms with Crippen LogP contribution < -0.4 is 4.18 Å². The Kier molecular flexibility index (Phi) is 6.33. The number of thioether (sulfide) groups is 1. The highest BCUT2D eigenvalue weighted by molar-refractivity contribution is 8.42. The summed E-state index contributed by atoms with van der Waals surface area (Å²) in [6.07, 6.45) is 2.20. The number of nitrogens with one attached hydrogen (secondary N) is 1. The Bertz CT molecular complexity index is 1280. The number of carbonyl (C=O) groups excluding carboxylic acids is 1. The minimum atomic E-state index is -3.77. The normalized spacial score (nSPS) is 18.4. The molecule has 0 radical (unpaired) electrons. The predicted molar refractivity (Wildman–Crippen MR) is 121 cm³/mol. The second-order valence-electron chi connectivity index (χ2n) is 7.04. The molecule has 1 aromatic rings. The van der Waals surface area contributed by atoms with E-state index in [1.165, 1.54) is 24.3 Å². The number of sulfone groups is 1. The van der Waals surface area contributed by atoms with Gasteiger partial charge in [0.15, 0.2) is 11.6 Å². The van der Waals surface area contributed by atoms with Crippen molar-refractivity contribution in [3.8, 4) is 5.75 Å². The first-order chi connectivity index (χ1) is 14.3. The molecule has 2 heterocycles. The summed E-state index contributed by atoms with van der Waals surface area (Å²) in [5.41, 5.74) is 0.240. The van der Waals surface area contributed by atoms with Crippen molar-refractivity contribution in [3.05, 3.63) is 34.4 Å². The van der Waals surface area contributed by atoms with E-state index in [9.17, 15) is 21.6 Å². The lowest BCUT2D eigenvalue weighted by Gasteiger charge is -2.20. The summed E-state index contributed by atoms with van der Waals surface area (Å²) in [7, 11) is -7.45. The highest BCUT2D eigenvalue weighted by Crippen LogP contribution is 2.32. The van der Waals surface area contributed by atoms with E-state index in [4.69, 9.17) is 21.2 Å². The van der Waals surface area contributed by atoms with Crippen molar-refractivity contribution in [2.45, 2.75) is 13.8 Å². The molecule has 0 saturated heterocycles. The minimum absolute atomic E-state index is 0.00980. The molecule has 14 heteroatoms. The lowest BCUT2D eigenvalue weighted by Crippen LogP contribution is -2.35. The van der Waals surface area contributed by atoms with E-state index in [-0.39, 0.29) is 43.4 Å². The molecule has 0 saturated carbocycles. The highest BCUT2D eigenvalue weighted by Gasteiger charge is 2.39. The summed E-state index contributed by atoms with van der Waals surface area (Å²) < 4.78 is 51.9. The largest absolute Gasteiger partial charge is 0.381 e. The van der Waals surface area contributed by atoms with Crippen molar-refractivity contribution in [1.82, 2.24) is 5.01 Å². The number of carbonyl (C=O) groups is 1. The van der Waals surface area contributed by atoms with Crippen molar-refractivity contribution in [2.75, 3.05) is 12.0 Å². The molecular formula is C17H17ClN4O6S3. The van der Waals surface area contributed by atoms with Crippen LogP contribution in [0.15, 0.2) is 33.9 Å². The fourth-order valence-electron chi connectivity index (χ4n) is 2.61. The van der Waals surface area contributed by atoms with Crippen LogP contribution in [0.4, 0.5) is 0 Å². The number of amides is 1. The Morgan fingerprint density at radius 3 is 2.55 bits per heavy atom. The average molecular weight is 505 g/mol. The number of fused-ring (bicyclic) bond motifs is 1. The van der Waals surface area contributed by atoms with Gasteiger partial charge >= 0.3 is 10.1 Å². The van der Waals surface area contributed by atoms with Gasteiger partial charge in [-0.1, -0.05) is 31.5 Å². The lowest BCUT2D eigenvalue weighted by atomic mass is 10.1. The summed E-state index contributed by atoms with van der Waals surface area (Å²) in [6.45, 7) is 3.51. The van der Waals surface area contributed by atoms with Crippen LogP contribution in [0.1, 0.15) is 19.4 Å². The number of amidine groups is 2. The molecule has 2 aliphatic rings. The Hall–Kier alpha value is -2.22. The van der Waals surface area contributed by atoms with Crippen LogP contribution in [0.2, 0.25) is 5.02 Å². The standard InChI is InChI=1S/C17H17ClN4O6S3/c1-9(2)8-31(26,27)17-21-22-14(19)11(15(23)20-16(22)29-17)6-10-4-5-13(12(18)7-10)28-30(3,24)25/h4-7,9,19H,8H2,1-3H3/b11-6-,19-14?. The quantitative estimate of drug-likeness (QED) is 0.474. The number of halogens is 1. The van der Waals surface area contributed by atoms with Crippen molar-refractivity contribution in [2.24, 2.45) is 16.0 Å². The molecule has 0 aliphatic carbocycles. The second kappa shape index (κ2) is 8.37. The maximum absolute atomic E-state index is 12.5. The molecule has 0 aromatic heterocycles. The number of hydrazone groups is 1. The number of nitrogens with zero attached hydrogens (tertiary/aromatic N) is 3. The van der Waals surface area contributed by atoms with Gasteiger partial charge in [0, 0.05) is 0 Å². The number of aliphatic imine (C=N–C) groups is 1. The topological polar surface area (TPSA) is 146 Å². The van der Waals surface area contributed by atoms with E-state index in [1.807, 2.05) is 0 Å². The van der Waals surface area contributed by atoms with Gasteiger partial charge in [0.1, 0.15) is 0 Å². The molecule has 0 spiro atoms. The lowest BCUT2D eigenvalue weighted by molar-refractivity contribution is -0.114. The van der Waals surface area contributed by atoms with Crippen LogP contribution in [0, 0.1) is 11.3 Å². The molecule has 1 N–H and O–H groups in total. The van der Waals surface area contributed by atoms with Gasteiger partial charge in [0.25, 0.3) is 5.91 Å². The van der Waals surface area contributed by atoms with Gasteiger partial charge in [-0.3, -0.25) is 10.2 Å². The average Bonchev–Trinajstić information content (AvgIpc) is 3.04. The summed E-state index contributed by atoms with van der Waals surface area (Å²) in [5, 5.41) is 13.3. The van der Waals surface area contributed by atoms with Crippen molar-refractivity contribution in [1.29, 1.82) is 5.41 Å². The number of hydrogen-bond donors (Lipinski definition) is 1. The molecule has 0 atom stereocenters. The molecule has 2 aliphatic heterocycles. The maximum atomic E-state index is 12.5. The smallest absolute Gasteiger partial charge is 0.306 e. The molecule has 3 rings (SSSR count). The number of rotatable bonds is 5. The van der Waals surface area contributed by atoms with E-state index in [0.29, 0.717) is 5.56 Å². The van der Waals surface area contributed by atoms with E-state index in [2.05, 4.69) is 10.1 Å². The summed E-state index contributed by atoms with van der Waals surface area (Å²) >= 11 is 6.76. The van der Waals surface area contributed by atoms with Crippen LogP contribution in [0.5, 0.6) is 5.75 Å². The van der Waals surface area contributed by atoms with E-state index in [0.717, 1.165) is 23.0 Å². The maximum Gasteiger partial charge on any atom is 0.306 e. The van der Waals surface area contributed by atoms with E-state index < -0.39 is 25.9 Å². The zero-order chi connectivity index (χ0) is 23.1. The van der Waals surface area contributed by atoms with Crippen LogP contribution in [0.3, 0.4) is 0 Å². The molecule has 1 aromatic carbocycles. The Labute approximate surface area is 188 Å². The zero-order valence-electron chi connectivity index (χ0n) is 16.5. The molecule has 31 heavy (non-hydrogen) atoms. The Morgan fingerprint density at radius 2 is 1.97 bits per heavy atom. The molecule has 10 nitrogen and oxygen atoms in total. The third kappa shape index (κ3) is 5.34. The minimum Gasteiger partial charge on any atom is -0.381 e. The van der Waals surface area contributed by atoms with Gasteiger partial charge in [0.05, 0.1) is 22.6 Å². The van der Waals surface area contributed by atoms with Gasteiger partial charge in [-0.2, -0.15) is 18.4 Å². The monoisotopic (exact) mass is 504 g/mol. The summed E-state index contributed by atoms with van der Waals surface area (Å²) in [5.74, 6) is -1.41. The van der Waals surface area contributed by atoms with Gasteiger partial charge < -0.3 is 4.18 Å². The van der Waals surface area contributed by atoms with Crippen molar-refractivity contribution < 1.29 is 25.8 Å². The van der Waals surface area contributed by atoms with Crippen LogP contribution in [-0.4, -0.2) is 55.1 Å². The van der Waals surface area contributed by atoms with Crippen LogP contribution >= 0.6 is 23.4 Å². The molecule has 1 amide bonds. The molecule has 0 unspecified atom stereocenters. The first kappa shape index (κ1) is 23.4. The molecule has 166 valence electrons. The fraction of sp³-hybridized carbons (Fsp3) is 0.294. The van der Waals surface area contributed by atoms with Crippen LogP contribution in [0.25, 0.3) is 6.08 Å². The highest BCUT2D eigenvalue weighted by atomic mass is 35.5. The van der Waals surface area contributed by atoms with E-state index >= 15 is 0 Å². The fourth-order valence-corrected chi connectivity index (χ4v) is 6.15. The predicted octanol–water partition coefficient (Wildman–Crippen LogP) is 2.33. The summed E-state index contributed by atoms with van der Waals surface area (Å²) in [4.78, 5) is 16.3. The molecule has 0 fully saturated rings. The van der Waals surface area contributed by atoms with Crippen molar-refractivity contribution >= 4 is 70.7 Å². The van der Waals surface area contributed by atoms with Crippen LogP contribution in [-0.2, 0) is 24.7 Å². The number of benzene rings is 1. The van der Waals surface area contributed by atoms with Gasteiger partial charge in [0.2, 0.25) is 19.4 Å². The Morgan fingerprint density at radius 1 is 1.29 bits per heavy atom.